The third kappa shape index (κ3) is 5.52. The Bertz CT molecular complexity index is 1340. The second-order valence-corrected chi connectivity index (χ2v) is 10.1. The number of hydrogen-bond donors (Lipinski definition) is 0. The van der Waals surface area contributed by atoms with Crippen LogP contribution in [-0.2, 0) is 11.2 Å². The van der Waals surface area contributed by atoms with Crippen LogP contribution < -0.4 is 4.90 Å². The zero-order valence-electron chi connectivity index (χ0n) is 19.4. The van der Waals surface area contributed by atoms with Crippen LogP contribution in [0.5, 0.6) is 0 Å². The summed E-state index contributed by atoms with van der Waals surface area (Å²) < 4.78 is 0. The third-order valence-electron chi connectivity index (χ3n) is 6.51. The molecular formula is C29H24Cl3N3O. The number of nitrogens with zero attached hydrogens (tertiary/aromatic N) is 3. The monoisotopic (exact) mass is 535 g/mol. The molecule has 2 heterocycles. The first-order valence-electron chi connectivity index (χ1n) is 11.7. The topological polar surface area (TPSA) is 36.4 Å². The van der Waals surface area contributed by atoms with E-state index in [1.807, 2.05) is 83.9 Å². The zero-order valence-corrected chi connectivity index (χ0v) is 21.7. The van der Waals surface area contributed by atoms with Crippen molar-refractivity contribution in [3.05, 3.63) is 117 Å². The van der Waals surface area contributed by atoms with Crippen LogP contribution in [0.2, 0.25) is 15.1 Å². The number of carbonyl (C=O) groups is 1. The Morgan fingerprint density at radius 1 is 0.861 bits per heavy atom. The van der Waals surface area contributed by atoms with Crippen LogP contribution >= 0.6 is 34.8 Å². The number of halogens is 3. The van der Waals surface area contributed by atoms with E-state index < -0.39 is 0 Å². The van der Waals surface area contributed by atoms with E-state index in [-0.39, 0.29) is 11.9 Å². The molecule has 4 aromatic rings. The molecule has 1 aromatic heterocycles. The number of aromatic nitrogens is 1. The van der Waals surface area contributed by atoms with Crippen LogP contribution in [0, 0.1) is 0 Å². The highest BCUT2D eigenvalue weighted by Crippen LogP contribution is 2.37. The average molecular weight is 537 g/mol. The van der Waals surface area contributed by atoms with E-state index in [1.54, 1.807) is 12.3 Å². The minimum atomic E-state index is -0.0633. The molecule has 3 aromatic carbocycles. The molecule has 182 valence electrons. The molecule has 1 amide bonds. The van der Waals surface area contributed by atoms with Gasteiger partial charge in [0.15, 0.2) is 0 Å². The predicted molar refractivity (Wildman–Crippen MR) is 148 cm³/mol. The quantitative estimate of drug-likeness (QED) is 0.268. The Morgan fingerprint density at radius 2 is 1.61 bits per heavy atom. The zero-order chi connectivity index (χ0) is 25.1. The van der Waals surface area contributed by atoms with Crippen molar-refractivity contribution in [2.45, 2.75) is 12.5 Å². The van der Waals surface area contributed by atoms with Gasteiger partial charge in [0.05, 0.1) is 23.2 Å². The minimum Gasteiger partial charge on any atom is -0.360 e. The largest absolute Gasteiger partial charge is 0.360 e. The number of hydrogen-bond acceptors (Lipinski definition) is 3. The summed E-state index contributed by atoms with van der Waals surface area (Å²) in [6.07, 6.45) is 3.94. The van der Waals surface area contributed by atoms with E-state index in [4.69, 9.17) is 34.8 Å². The first-order valence-corrected chi connectivity index (χ1v) is 12.9. The average Bonchev–Trinajstić information content (AvgIpc) is 2.90. The van der Waals surface area contributed by atoms with Crippen molar-refractivity contribution in [3.8, 4) is 11.1 Å². The van der Waals surface area contributed by atoms with E-state index in [0.29, 0.717) is 41.1 Å². The van der Waals surface area contributed by atoms with Gasteiger partial charge in [0.2, 0.25) is 5.91 Å². The van der Waals surface area contributed by atoms with E-state index in [9.17, 15) is 4.79 Å². The van der Waals surface area contributed by atoms with Crippen molar-refractivity contribution in [1.82, 2.24) is 9.88 Å². The molecule has 0 spiro atoms. The standard InChI is InChI=1S/C29H24Cl3N3O/c30-24-9-7-22(8-10-24)28-19-34(14-15-35(28)27-12-11-25(31)17-26(27)32)29(36)16-20-3-5-21(6-4-20)23-2-1-13-33-18-23/h1-13,17-18,28H,14-16,19H2. The summed E-state index contributed by atoms with van der Waals surface area (Å²) in [5.74, 6) is 0.102. The molecule has 0 aliphatic carbocycles. The molecule has 4 nitrogen and oxygen atoms in total. The lowest BCUT2D eigenvalue weighted by Crippen LogP contribution is -2.51. The normalized spacial score (nSPS) is 15.7. The Kier molecular flexibility index (Phi) is 7.47. The molecule has 0 N–H and O–H groups in total. The van der Waals surface area contributed by atoms with Gasteiger partial charge in [-0.25, -0.2) is 0 Å². The fourth-order valence-electron chi connectivity index (χ4n) is 4.62. The van der Waals surface area contributed by atoms with E-state index >= 15 is 0 Å². The van der Waals surface area contributed by atoms with Crippen molar-refractivity contribution in [1.29, 1.82) is 0 Å². The minimum absolute atomic E-state index is 0.0633. The van der Waals surface area contributed by atoms with Crippen LogP contribution in [0.3, 0.4) is 0 Å². The van der Waals surface area contributed by atoms with E-state index in [0.717, 1.165) is 27.9 Å². The second-order valence-electron chi connectivity index (χ2n) is 8.81. The highest BCUT2D eigenvalue weighted by atomic mass is 35.5. The van der Waals surface area contributed by atoms with Gasteiger partial charge in [-0.15, -0.1) is 0 Å². The Labute approximate surface area is 226 Å². The molecule has 1 unspecified atom stereocenters. The third-order valence-corrected chi connectivity index (χ3v) is 7.30. The maximum atomic E-state index is 13.3. The summed E-state index contributed by atoms with van der Waals surface area (Å²) in [6, 6.07) is 25.3. The van der Waals surface area contributed by atoms with Gasteiger partial charge in [-0.2, -0.15) is 0 Å². The molecule has 1 aliphatic heterocycles. The van der Waals surface area contributed by atoms with Crippen LogP contribution in [0.15, 0.2) is 91.3 Å². The molecular weight excluding hydrogens is 513 g/mol. The van der Waals surface area contributed by atoms with Gasteiger partial charge in [0.1, 0.15) is 0 Å². The smallest absolute Gasteiger partial charge is 0.227 e. The molecule has 0 bridgehead atoms. The SMILES string of the molecule is O=C(Cc1ccc(-c2cccnc2)cc1)N1CCN(c2ccc(Cl)cc2Cl)C(c2ccc(Cl)cc2)C1. The number of benzene rings is 3. The molecule has 1 fully saturated rings. The maximum absolute atomic E-state index is 13.3. The molecule has 0 radical (unpaired) electrons. The summed E-state index contributed by atoms with van der Waals surface area (Å²) in [5.41, 5.74) is 5.09. The molecule has 36 heavy (non-hydrogen) atoms. The number of amides is 1. The molecule has 0 saturated carbocycles. The highest BCUT2D eigenvalue weighted by molar-refractivity contribution is 6.36. The van der Waals surface area contributed by atoms with Crippen LogP contribution in [0.4, 0.5) is 5.69 Å². The molecule has 7 heteroatoms. The first-order chi connectivity index (χ1) is 17.5. The summed E-state index contributed by atoms with van der Waals surface area (Å²) in [7, 11) is 0. The van der Waals surface area contributed by atoms with Crippen molar-refractivity contribution in [2.75, 3.05) is 24.5 Å². The van der Waals surface area contributed by atoms with Crippen molar-refractivity contribution in [2.24, 2.45) is 0 Å². The molecule has 1 aliphatic rings. The van der Waals surface area contributed by atoms with Crippen LogP contribution in [0.25, 0.3) is 11.1 Å². The van der Waals surface area contributed by atoms with Crippen molar-refractivity contribution in [3.63, 3.8) is 0 Å². The van der Waals surface area contributed by atoms with Gasteiger partial charge in [-0.05, 0) is 58.7 Å². The highest BCUT2D eigenvalue weighted by Gasteiger charge is 2.31. The van der Waals surface area contributed by atoms with Crippen molar-refractivity contribution < 1.29 is 4.79 Å². The fraction of sp³-hybridized carbons (Fsp3) is 0.172. The Balaban J connectivity index is 1.34. The number of pyridine rings is 1. The van der Waals surface area contributed by atoms with Crippen LogP contribution in [-0.4, -0.2) is 35.4 Å². The summed E-state index contributed by atoms with van der Waals surface area (Å²) >= 11 is 18.9. The Morgan fingerprint density at radius 3 is 2.31 bits per heavy atom. The summed E-state index contributed by atoms with van der Waals surface area (Å²) in [4.78, 5) is 21.7. The van der Waals surface area contributed by atoms with E-state index in [1.165, 1.54) is 0 Å². The van der Waals surface area contributed by atoms with Gasteiger partial charge in [0.25, 0.3) is 0 Å². The summed E-state index contributed by atoms with van der Waals surface area (Å²) in [6.45, 7) is 1.81. The summed E-state index contributed by atoms with van der Waals surface area (Å²) in [5, 5.41) is 1.86. The van der Waals surface area contributed by atoms with Gasteiger partial charge in [0, 0.05) is 42.1 Å². The van der Waals surface area contributed by atoms with Gasteiger partial charge < -0.3 is 9.80 Å². The molecule has 1 atom stereocenters. The lowest BCUT2D eigenvalue weighted by Gasteiger charge is -2.43. The first kappa shape index (κ1) is 24.6. The van der Waals surface area contributed by atoms with Gasteiger partial charge in [-0.1, -0.05) is 77.3 Å². The van der Waals surface area contributed by atoms with Gasteiger partial charge >= 0.3 is 0 Å². The van der Waals surface area contributed by atoms with Crippen LogP contribution in [0.1, 0.15) is 17.2 Å². The second kappa shape index (κ2) is 10.9. The Hall–Kier alpha value is -3.05. The molecule has 1 saturated heterocycles. The maximum Gasteiger partial charge on any atom is 0.227 e. The fourth-order valence-corrected chi connectivity index (χ4v) is 5.26. The lowest BCUT2D eigenvalue weighted by atomic mass is 10.00. The predicted octanol–water partition coefficient (Wildman–Crippen LogP) is 7.34. The lowest BCUT2D eigenvalue weighted by molar-refractivity contribution is -0.131. The number of carbonyl (C=O) groups excluding carboxylic acids is 1. The van der Waals surface area contributed by atoms with E-state index in [2.05, 4.69) is 9.88 Å². The van der Waals surface area contributed by atoms with Crippen molar-refractivity contribution >= 4 is 46.4 Å². The van der Waals surface area contributed by atoms with Gasteiger partial charge in [-0.3, -0.25) is 9.78 Å². The number of rotatable bonds is 5. The number of piperazine rings is 1. The molecule has 5 rings (SSSR count). The number of anilines is 1.